The van der Waals surface area contributed by atoms with Gasteiger partial charge in [-0.05, 0) is 24.6 Å². The van der Waals surface area contributed by atoms with Crippen LogP contribution in [0, 0.1) is 0 Å². The topological polar surface area (TPSA) is 95.3 Å². The van der Waals surface area contributed by atoms with Gasteiger partial charge in [0.05, 0.1) is 19.8 Å². The van der Waals surface area contributed by atoms with Crippen molar-refractivity contribution >= 4 is 0 Å². The SMILES string of the molecule is CCOc1cc([C@@H](N)c2n[nH]c(COC)n2)ccc1OC. The Morgan fingerprint density at radius 3 is 2.76 bits per heavy atom. The van der Waals surface area contributed by atoms with Crippen molar-refractivity contribution in [3.8, 4) is 11.5 Å². The minimum Gasteiger partial charge on any atom is -0.493 e. The number of ether oxygens (including phenoxy) is 3. The number of nitrogens with one attached hydrogen (secondary N) is 1. The standard InChI is InChI=1S/C14H20N4O3/c1-4-21-11-7-9(5-6-10(11)20-3)13(15)14-16-12(8-19-2)17-18-14/h5-7,13H,4,8,15H2,1-3H3,(H,16,17,18)/t13-/m1/s1. The van der Waals surface area contributed by atoms with Crippen LogP contribution in [0.4, 0.5) is 0 Å². The summed E-state index contributed by atoms with van der Waals surface area (Å²) in [7, 11) is 3.20. The maximum Gasteiger partial charge on any atom is 0.171 e. The van der Waals surface area contributed by atoms with Gasteiger partial charge in [0.1, 0.15) is 6.61 Å². The number of nitrogens with two attached hydrogens (primary N) is 1. The molecule has 0 aliphatic rings. The number of aromatic amines is 1. The van der Waals surface area contributed by atoms with Crippen molar-refractivity contribution in [2.24, 2.45) is 5.73 Å². The fraction of sp³-hybridized carbons (Fsp3) is 0.429. The van der Waals surface area contributed by atoms with Gasteiger partial charge in [-0.3, -0.25) is 5.10 Å². The maximum absolute atomic E-state index is 6.20. The molecule has 21 heavy (non-hydrogen) atoms. The first-order valence-electron chi connectivity index (χ1n) is 6.66. The summed E-state index contributed by atoms with van der Waals surface area (Å²) >= 11 is 0. The molecular weight excluding hydrogens is 272 g/mol. The molecule has 1 heterocycles. The fourth-order valence-electron chi connectivity index (χ4n) is 1.95. The molecule has 1 aromatic heterocycles. The van der Waals surface area contributed by atoms with Crippen LogP contribution >= 0.6 is 0 Å². The zero-order valence-corrected chi connectivity index (χ0v) is 12.4. The molecule has 0 bridgehead atoms. The first kappa shape index (κ1) is 15.3. The normalized spacial score (nSPS) is 12.2. The van der Waals surface area contributed by atoms with Crippen molar-refractivity contribution in [2.45, 2.75) is 19.6 Å². The van der Waals surface area contributed by atoms with E-state index in [1.165, 1.54) is 0 Å². The Balaban J connectivity index is 2.24. The predicted molar refractivity (Wildman–Crippen MR) is 77.3 cm³/mol. The zero-order chi connectivity index (χ0) is 15.2. The Hall–Kier alpha value is -2.12. The van der Waals surface area contributed by atoms with Crippen LogP contribution in [0.1, 0.15) is 30.2 Å². The summed E-state index contributed by atoms with van der Waals surface area (Å²) in [5.74, 6) is 2.47. The number of rotatable bonds is 7. The molecule has 0 saturated heterocycles. The van der Waals surface area contributed by atoms with Crippen molar-refractivity contribution in [1.82, 2.24) is 15.2 Å². The Labute approximate surface area is 123 Å². The van der Waals surface area contributed by atoms with Gasteiger partial charge in [0.2, 0.25) is 0 Å². The van der Waals surface area contributed by atoms with Gasteiger partial charge in [-0.15, -0.1) is 0 Å². The summed E-state index contributed by atoms with van der Waals surface area (Å²) < 4.78 is 15.8. The molecule has 0 aliphatic carbocycles. The summed E-state index contributed by atoms with van der Waals surface area (Å²) in [5, 5.41) is 6.91. The highest BCUT2D eigenvalue weighted by Gasteiger charge is 2.17. The van der Waals surface area contributed by atoms with Gasteiger partial charge < -0.3 is 19.9 Å². The molecular formula is C14H20N4O3. The fourth-order valence-corrected chi connectivity index (χ4v) is 1.95. The molecule has 0 amide bonds. The van der Waals surface area contributed by atoms with Crippen molar-refractivity contribution in [3.63, 3.8) is 0 Å². The monoisotopic (exact) mass is 292 g/mol. The lowest BCUT2D eigenvalue weighted by atomic mass is 10.1. The molecule has 3 N–H and O–H groups in total. The quantitative estimate of drug-likeness (QED) is 0.801. The number of H-pyrrole nitrogens is 1. The largest absolute Gasteiger partial charge is 0.493 e. The van der Waals surface area contributed by atoms with Gasteiger partial charge in [0.15, 0.2) is 23.1 Å². The van der Waals surface area contributed by atoms with Crippen LogP contribution in [0.25, 0.3) is 0 Å². The molecule has 7 nitrogen and oxygen atoms in total. The van der Waals surface area contributed by atoms with Gasteiger partial charge in [0, 0.05) is 7.11 Å². The molecule has 2 rings (SSSR count). The van der Waals surface area contributed by atoms with Crippen molar-refractivity contribution in [1.29, 1.82) is 0 Å². The highest BCUT2D eigenvalue weighted by Crippen LogP contribution is 2.30. The maximum atomic E-state index is 6.20. The summed E-state index contributed by atoms with van der Waals surface area (Å²) in [4.78, 5) is 4.31. The van der Waals surface area contributed by atoms with Crippen LogP contribution in [0.2, 0.25) is 0 Å². The van der Waals surface area contributed by atoms with Crippen LogP contribution in [0.15, 0.2) is 18.2 Å². The Kier molecular flexibility index (Phi) is 5.13. The van der Waals surface area contributed by atoms with E-state index in [1.807, 2.05) is 25.1 Å². The Bertz CT molecular complexity index is 585. The first-order valence-corrected chi connectivity index (χ1v) is 6.66. The van der Waals surface area contributed by atoms with Gasteiger partial charge in [-0.25, -0.2) is 4.98 Å². The summed E-state index contributed by atoms with van der Waals surface area (Å²) in [6, 6.07) is 5.10. The Morgan fingerprint density at radius 1 is 1.29 bits per heavy atom. The molecule has 1 aromatic carbocycles. The van der Waals surface area contributed by atoms with E-state index < -0.39 is 6.04 Å². The van der Waals surface area contributed by atoms with Crippen LogP contribution in [-0.2, 0) is 11.3 Å². The number of aromatic nitrogens is 3. The molecule has 0 fully saturated rings. The molecule has 2 aromatic rings. The number of benzene rings is 1. The lowest BCUT2D eigenvalue weighted by molar-refractivity contribution is 0.178. The minimum absolute atomic E-state index is 0.368. The zero-order valence-electron chi connectivity index (χ0n) is 12.4. The Morgan fingerprint density at radius 2 is 2.10 bits per heavy atom. The van der Waals surface area contributed by atoms with E-state index in [1.54, 1.807) is 14.2 Å². The first-order chi connectivity index (χ1) is 10.2. The molecule has 0 spiro atoms. The van der Waals surface area contributed by atoms with E-state index in [0.29, 0.717) is 36.4 Å². The number of nitrogens with zero attached hydrogens (tertiary/aromatic N) is 2. The highest BCUT2D eigenvalue weighted by atomic mass is 16.5. The van der Waals surface area contributed by atoms with Gasteiger partial charge in [-0.2, -0.15) is 5.10 Å². The number of hydrogen-bond acceptors (Lipinski definition) is 6. The highest BCUT2D eigenvalue weighted by molar-refractivity contribution is 5.44. The van der Waals surface area contributed by atoms with Crippen molar-refractivity contribution in [2.75, 3.05) is 20.8 Å². The average Bonchev–Trinajstić information content (AvgIpc) is 2.96. The lowest BCUT2D eigenvalue weighted by Crippen LogP contribution is -2.14. The van der Waals surface area contributed by atoms with Crippen molar-refractivity contribution in [3.05, 3.63) is 35.4 Å². The molecule has 1 atom stereocenters. The predicted octanol–water partition coefficient (Wildman–Crippen LogP) is 1.41. The average molecular weight is 292 g/mol. The van der Waals surface area contributed by atoms with E-state index in [4.69, 9.17) is 19.9 Å². The molecule has 0 unspecified atom stereocenters. The molecule has 0 radical (unpaired) electrons. The second kappa shape index (κ2) is 7.05. The van der Waals surface area contributed by atoms with Crippen LogP contribution in [0.5, 0.6) is 11.5 Å². The van der Waals surface area contributed by atoms with Crippen LogP contribution < -0.4 is 15.2 Å². The van der Waals surface area contributed by atoms with Gasteiger partial charge in [-0.1, -0.05) is 6.07 Å². The third-order valence-corrected chi connectivity index (χ3v) is 2.95. The van der Waals surface area contributed by atoms with Crippen LogP contribution in [-0.4, -0.2) is 36.0 Å². The third-order valence-electron chi connectivity index (χ3n) is 2.95. The molecule has 0 saturated carbocycles. The van der Waals surface area contributed by atoms with E-state index in [0.717, 1.165) is 5.56 Å². The summed E-state index contributed by atoms with van der Waals surface area (Å²) in [5.41, 5.74) is 7.05. The molecule has 0 aliphatic heterocycles. The van der Waals surface area contributed by atoms with Gasteiger partial charge in [0.25, 0.3) is 0 Å². The molecule has 114 valence electrons. The summed E-state index contributed by atoms with van der Waals surface area (Å²) in [6.45, 7) is 2.83. The van der Waals surface area contributed by atoms with E-state index in [9.17, 15) is 0 Å². The summed E-state index contributed by atoms with van der Waals surface area (Å²) in [6.07, 6.45) is 0. The van der Waals surface area contributed by atoms with Crippen LogP contribution in [0.3, 0.4) is 0 Å². The van der Waals surface area contributed by atoms with E-state index >= 15 is 0 Å². The minimum atomic E-state index is -0.447. The second-order valence-electron chi connectivity index (χ2n) is 4.39. The van der Waals surface area contributed by atoms with Crippen molar-refractivity contribution < 1.29 is 14.2 Å². The lowest BCUT2D eigenvalue weighted by Gasteiger charge is -2.13. The van der Waals surface area contributed by atoms with Gasteiger partial charge >= 0.3 is 0 Å². The number of hydrogen-bond donors (Lipinski definition) is 2. The van der Waals surface area contributed by atoms with E-state index in [2.05, 4.69) is 15.2 Å². The third kappa shape index (κ3) is 3.50. The number of methoxy groups -OCH3 is 2. The van der Waals surface area contributed by atoms with E-state index in [-0.39, 0.29) is 0 Å². The smallest absolute Gasteiger partial charge is 0.171 e. The second-order valence-corrected chi connectivity index (χ2v) is 4.39. The molecule has 7 heteroatoms.